The summed E-state index contributed by atoms with van der Waals surface area (Å²) in [6.07, 6.45) is 40.7. The molecular formula is C43H85N2O6P. The second-order valence-electron chi connectivity index (χ2n) is 16.0. The molecule has 1 unspecified atom stereocenters. The van der Waals surface area contributed by atoms with Crippen LogP contribution in [0.5, 0.6) is 0 Å². The first-order valence-electron chi connectivity index (χ1n) is 21.7. The molecule has 0 aliphatic heterocycles. The van der Waals surface area contributed by atoms with E-state index < -0.39 is 20.0 Å². The van der Waals surface area contributed by atoms with E-state index in [0.29, 0.717) is 17.4 Å². The molecule has 8 nitrogen and oxygen atoms in total. The van der Waals surface area contributed by atoms with Gasteiger partial charge in [-0.15, -0.1) is 0 Å². The van der Waals surface area contributed by atoms with Crippen molar-refractivity contribution in [3.05, 3.63) is 24.3 Å². The van der Waals surface area contributed by atoms with Crippen molar-refractivity contribution >= 4 is 13.7 Å². The molecule has 0 radical (unpaired) electrons. The Morgan fingerprint density at radius 2 is 1.06 bits per heavy atom. The predicted octanol–water partition coefficient (Wildman–Crippen LogP) is 11.1. The van der Waals surface area contributed by atoms with Gasteiger partial charge in [-0.1, -0.05) is 167 Å². The molecule has 1 amide bonds. The number of phosphoric ester groups is 1. The number of hydrogen-bond donors (Lipinski definition) is 2. The summed E-state index contributed by atoms with van der Waals surface area (Å²) >= 11 is 0. The van der Waals surface area contributed by atoms with Crippen LogP contribution in [0.25, 0.3) is 0 Å². The number of unbranched alkanes of at least 4 members (excludes halogenated alkanes) is 24. The minimum Gasteiger partial charge on any atom is -0.756 e. The third-order valence-corrected chi connectivity index (χ3v) is 10.6. The van der Waals surface area contributed by atoms with Crippen LogP contribution in [0.3, 0.4) is 0 Å². The minimum absolute atomic E-state index is 0.00162. The second kappa shape index (κ2) is 35.7. The molecule has 0 aromatic carbocycles. The number of quaternary nitrogens is 1. The molecule has 0 aromatic heterocycles. The summed E-state index contributed by atoms with van der Waals surface area (Å²) in [7, 11) is 1.26. The number of likely N-dealkylation sites (N-methyl/N-ethyl adjacent to an activating group) is 1. The Bertz CT molecular complexity index is 907. The Morgan fingerprint density at radius 1 is 0.654 bits per heavy atom. The lowest BCUT2D eigenvalue weighted by atomic mass is 10.0. The lowest BCUT2D eigenvalue weighted by Crippen LogP contribution is -2.45. The van der Waals surface area contributed by atoms with Crippen LogP contribution in [-0.2, 0) is 18.4 Å². The number of carbonyl (C=O) groups excluding carboxylic acids is 1. The van der Waals surface area contributed by atoms with Crippen LogP contribution in [0.1, 0.15) is 194 Å². The first kappa shape index (κ1) is 51.0. The van der Waals surface area contributed by atoms with Gasteiger partial charge in [0.1, 0.15) is 13.2 Å². The van der Waals surface area contributed by atoms with Crippen molar-refractivity contribution in [3.8, 4) is 0 Å². The molecule has 3 atom stereocenters. The largest absolute Gasteiger partial charge is 0.756 e. The standard InChI is InChI=1S/C43H85N2O6P/c1-6-8-10-12-14-16-18-20-22-24-26-28-30-32-34-36-42(46)41(40-51-52(48,49)50-39-38-45(3,4)5)44-43(47)37-35-33-31-29-27-25-23-21-19-17-15-13-11-9-7-2/h21,23,34,36,41-42,46H,6-20,22,24-33,35,37-40H2,1-5H3,(H-,44,47,48,49)/b23-21+,36-34+/t41-,42+/m0/s1. The summed E-state index contributed by atoms with van der Waals surface area (Å²) in [6, 6.07) is -0.886. The van der Waals surface area contributed by atoms with Crippen LogP contribution < -0.4 is 10.2 Å². The van der Waals surface area contributed by atoms with Crippen molar-refractivity contribution in [2.45, 2.75) is 206 Å². The topological polar surface area (TPSA) is 108 Å². The average Bonchev–Trinajstić information content (AvgIpc) is 3.09. The summed E-state index contributed by atoms with van der Waals surface area (Å²) in [4.78, 5) is 25.2. The highest BCUT2D eigenvalue weighted by atomic mass is 31.2. The predicted molar refractivity (Wildman–Crippen MR) is 219 cm³/mol. The highest BCUT2D eigenvalue weighted by Crippen LogP contribution is 2.38. The van der Waals surface area contributed by atoms with Crippen LogP contribution in [0.2, 0.25) is 0 Å². The molecular weight excluding hydrogens is 671 g/mol. The molecule has 0 bridgehead atoms. The van der Waals surface area contributed by atoms with Crippen molar-refractivity contribution in [2.75, 3.05) is 40.9 Å². The number of aliphatic hydroxyl groups excluding tert-OH is 1. The molecule has 9 heteroatoms. The van der Waals surface area contributed by atoms with E-state index in [-0.39, 0.29) is 19.1 Å². The normalized spacial score (nSPS) is 14.7. The number of nitrogens with zero attached hydrogens (tertiary/aromatic N) is 1. The van der Waals surface area contributed by atoms with Gasteiger partial charge in [-0.2, -0.15) is 0 Å². The first-order chi connectivity index (χ1) is 25.0. The summed E-state index contributed by atoms with van der Waals surface area (Å²) in [5, 5.41) is 13.8. The molecule has 0 fully saturated rings. The van der Waals surface area contributed by atoms with Crippen molar-refractivity contribution < 1.29 is 32.9 Å². The highest BCUT2D eigenvalue weighted by Gasteiger charge is 2.23. The van der Waals surface area contributed by atoms with Gasteiger partial charge in [0.25, 0.3) is 7.82 Å². The monoisotopic (exact) mass is 757 g/mol. The fraction of sp³-hybridized carbons (Fsp3) is 0.884. The van der Waals surface area contributed by atoms with Gasteiger partial charge in [0.15, 0.2) is 0 Å². The van der Waals surface area contributed by atoms with E-state index in [1.165, 1.54) is 122 Å². The molecule has 308 valence electrons. The van der Waals surface area contributed by atoms with Crippen LogP contribution in [0.15, 0.2) is 24.3 Å². The Hall–Kier alpha value is -1.02. The van der Waals surface area contributed by atoms with Crippen molar-refractivity contribution in [3.63, 3.8) is 0 Å². The summed E-state index contributed by atoms with van der Waals surface area (Å²) < 4.78 is 23.2. The minimum atomic E-state index is -4.58. The summed E-state index contributed by atoms with van der Waals surface area (Å²) in [6.45, 7) is 4.63. The number of aliphatic hydroxyl groups is 1. The van der Waals surface area contributed by atoms with Gasteiger partial charge in [-0.25, -0.2) is 0 Å². The first-order valence-corrected chi connectivity index (χ1v) is 23.2. The third-order valence-electron chi connectivity index (χ3n) is 9.66. The molecule has 52 heavy (non-hydrogen) atoms. The van der Waals surface area contributed by atoms with Crippen LogP contribution in [0, 0.1) is 0 Å². The second-order valence-corrected chi connectivity index (χ2v) is 17.5. The van der Waals surface area contributed by atoms with Crippen molar-refractivity contribution in [2.24, 2.45) is 0 Å². The molecule has 0 heterocycles. The Kier molecular flexibility index (Phi) is 35.0. The van der Waals surface area contributed by atoms with Crippen molar-refractivity contribution in [1.29, 1.82) is 0 Å². The smallest absolute Gasteiger partial charge is 0.268 e. The third kappa shape index (κ3) is 37.3. The SMILES string of the molecule is CCCCCCCC/C=C/CCCCCCCC(=O)N[C@@H](COP(=O)([O-])OCC[N+](C)(C)C)[C@H](O)/C=C/CCCCCCCCCCCCCCC. The van der Waals surface area contributed by atoms with E-state index in [0.717, 1.165) is 51.4 Å². The van der Waals surface area contributed by atoms with Gasteiger partial charge >= 0.3 is 0 Å². The number of amides is 1. The van der Waals surface area contributed by atoms with E-state index in [1.807, 2.05) is 27.2 Å². The quantitative estimate of drug-likeness (QED) is 0.0280. The maximum atomic E-state index is 12.8. The van der Waals surface area contributed by atoms with Crippen molar-refractivity contribution in [1.82, 2.24) is 5.32 Å². The Morgan fingerprint density at radius 3 is 1.50 bits per heavy atom. The fourth-order valence-corrected chi connectivity index (χ4v) is 6.87. The molecule has 2 N–H and O–H groups in total. The van der Waals surface area contributed by atoms with Gasteiger partial charge in [0.2, 0.25) is 5.91 Å². The maximum absolute atomic E-state index is 12.8. The molecule has 0 aromatic rings. The maximum Gasteiger partial charge on any atom is 0.268 e. The van der Waals surface area contributed by atoms with Crippen LogP contribution in [-0.4, -0.2) is 68.5 Å². The molecule has 0 spiro atoms. The fourth-order valence-electron chi connectivity index (χ4n) is 6.15. The Labute approximate surface area is 322 Å². The molecule has 0 rings (SSSR count). The number of phosphoric acid groups is 1. The number of rotatable bonds is 39. The zero-order chi connectivity index (χ0) is 38.6. The molecule has 0 aliphatic rings. The van der Waals surface area contributed by atoms with Gasteiger partial charge < -0.3 is 28.8 Å². The van der Waals surface area contributed by atoms with E-state index in [4.69, 9.17) is 9.05 Å². The average molecular weight is 757 g/mol. The molecule has 0 saturated heterocycles. The number of carbonyl (C=O) groups is 1. The van der Waals surface area contributed by atoms with Crippen LogP contribution >= 0.6 is 7.82 Å². The molecule has 0 saturated carbocycles. The van der Waals surface area contributed by atoms with E-state index in [2.05, 4.69) is 31.3 Å². The number of hydrogen-bond acceptors (Lipinski definition) is 6. The van der Waals surface area contributed by atoms with E-state index >= 15 is 0 Å². The molecule has 0 aliphatic carbocycles. The zero-order valence-corrected chi connectivity index (χ0v) is 35.7. The highest BCUT2D eigenvalue weighted by molar-refractivity contribution is 7.45. The Balaban J connectivity index is 4.47. The van der Waals surface area contributed by atoms with Gasteiger partial charge in [-0.3, -0.25) is 9.36 Å². The van der Waals surface area contributed by atoms with Gasteiger partial charge in [-0.05, 0) is 44.9 Å². The lowest BCUT2D eigenvalue weighted by Gasteiger charge is -2.29. The zero-order valence-electron chi connectivity index (χ0n) is 34.8. The van der Waals surface area contributed by atoms with Gasteiger partial charge in [0, 0.05) is 6.42 Å². The van der Waals surface area contributed by atoms with Gasteiger partial charge in [0.05, 0.1) is 39.9 Å². The number of nitrogens with one attached hydrogen (secondary N) is 1. The van der Waals surface area contributed by atoms with Crippen LogP contribution in [0.4, 0.5) is 0 Å². The van der Waals surface area contributed by atoms with E-state index in [1.54, 1.807) is 6.08 Å². The summed E-state index contributed by atoms with van der Waals surface area (Å²) in [5.74, 6) is -0.207. The number of allylic oxidation sites excluding steroid dienone is 3. The van der Waals surface area contributed by atoms with E-state index in [9.17, 15) is 19.4 Å². The summed E-state index contributed by atoms with van der Waals surface area (Å²) in [5.41, 5.74) is 0. The lowest BCUT2D eigenvalue weighted by molar-refractivity contribution is -0.870.